The Balaban J connectivity index is 2.06. The monoisotopic (exact) mass is 222 g/mol. The van der Waals surface area contributed by atoms with Gasteiger partial charge in [-0.25, -0.2) is 0 Å². The predicted molar refractivity (Wildman–Crippen MR) is 61.0 cm³/mol. The van der Waals surface area contributed by atoms with Gasteiger partial charge in [0.2, 0.25) is 5.91 Å². The van der Waals surface area contributed by atoms with Crippen molar-refractivity contribution < 1.29 is 4.79 Å². The molecule has 5 nitrogen and oxygen atoms in total. The number of carbonyl (C=O) groups is 1. The second-order valence-electron chi connectivity index (χ2n) is 4.25. The number of piperazine rings is 1. The second kappa shape index (κ2) is 4.65. The zero-order chi connectivity index (χ0) is 11.5. The van der Waals surface area contributed by atoms with Crippen molar-refractivity contribution in [3.8, 4) is 0 Å². The summed E-state index contributed by atoms with van der Waals surface area (Å²) in [5, 5.41) is 7.39. The van der Waals surface area contributed by atoms with Crippen molar-refractivity contribution in [3.05, 3.63) is 18.5 Å². The third kappa shape index (κ3) is 2.09. The van der Waals surface area contributed by atoms with Crippen molar-refractivity contribution in [1.29, 1.82) is 0 Å². The quantitative estimate of drug-likeness (QED) is 0.781. The molecule has 1 unspecified atom stereocenters. The van der Waals surface area contributed by atoms with Gasteiger partial charge < -0.3 is 10.2 Å². The molecule has 1 N–H and O–H groups in total. The van der Waals surface area contributed by atoms with Crippen molar-refractivity contribution >= 4 is 5.91 Å². The molecule has 5 heteroatoms. The minimum Gasteiger partial charge on any atom is -0.336 e. The van der Waals surface area contributed by atoms with E-state index in [1.165, 1.54) is 0 Å². The van der Waals surface area contributed by atoms with E-state index in [2.05, 4.69) is 17.3 Å². The fourth-order valence-electron chi connectivity index (χ4n) is 2.03. The minimum absolute atomic E-state index is 0.151. The lowest BCUT2D eigenvalue weighted by atomic mass is 10.2. The van der Waals surface area contributed by atoms with Crippen LogP contribution >= 0.6 is 0 Å². The van der Waals surface area contributed by atoms with Gasteiger partial charge in [-0.2, -0.15) is 5.10 Å². The Morgan fingerprint density at radius 3 is 3.06 bits per heavy atom. The first-order chi connectivity index (χ1) is 7.70. The number of carbonyl (C=O) groups excluding carboxylic acids is 1. The fraction of sp³-hybridized carbons (Fsp3) is 0.636. The summed E-state index contributed by atoms with van der Waals surface area (Å²) in [5.74, 6) is 0.151. The maximum absolute atomic E-state index is 12.2. The van der Waals surface area contributed by atoms with Gasteiger partial charge in [0.25, 0.3) is 0 Å². The molecule has 0 aliphatic carbocycles. The molecule has 0 spiro atoms. The van der Waals surface area contributed by atoms with Gasteiger partial charge in [0.15, 0.2) is 0 Å². The zero-order valence-electron chi connectivity index (χ0n) is 9.76. The van der Waals surface area contributed by atoms with Crippen molar-refractivity contribution in [2.75, 3.05) is 19.6 Å². The summed E-state index contributed by atoms with van der Waals surface area (Å²) in [5.41, 5.74) is 0. The van der Waals surface area contributed by atoms with Crippen LogP contribution in [0.4, 0.5) is 0 Å². The van der Waals surface area contributed by atoms with Gasteiger partial charge in [0.05, 0.1) is 0 Å². The molecule has 1 aromatic rings. The smallest absolute Gasteiger partial charge is 0.247 e. The van der Waals surface area contributed by atoms with Crippen LogP contribution in [0.25, 0.3) is 0 Å². The van der Waals surface area contributed by atoms with E-state index < -0.39 is 0 Å². The Morgan fingerprint density at radius 2 is 2.44 bits per heavy atom. The molecule has 1 saturated heterocycles. The molecule has 1 aromatic heterocycles. The first-order valence-corrected chi connectivity index (χ1v) is 5.70. The van der Waals surface area contributed by atoms with Crippen LogP contribution in [0.5, 0.6) is 0 Å². The summed E-state index contributed by atoms with van der Waals surface area (Å²) >= 11 is 0. The molecular formula is C11H18N4O. The number of aromatic nitrogens is 2. The van der Waals surface area contributed by atoms with Crippen molar-refractivity contribution in [1.82, 2.24) is 20.0 Å². The van der Waals surface area contributed by atoms with Crippen molar-refractivity contribution in [2.24, 2.45) is 0 Å². The molecule has 0 saturated carbocycles. The Hall–Kier alpha value is -1.36. The largest absolute Gasteiger partial charge is 0.336 e. The lowest BCUT2D eigenvalue weighted by Crippen LogP contribution is -2.53. The average molecular weight is 222 g/mol. The number of nitrogens with zero attached hydrogens (tertiary/aromatic N) is 3. The number of hydrogen-bond donors (Lipinski definition) is 1. The third-order valence-corrected chi connectivity index (χ3v) is 3.06. The van der Waals surface area contributed by atoms with E-state index in [1.807, 2.05) is 24.1 Å². The standard InChI is InChI=1S/C11H18N4O/c1-9-8-12-5-7-14(9)11(16)10(2)15-6-3-4-13-15/h3-4,6,9-10,12H,5,7-8H2,1-2H3/t9-,10?/m1/s1. The van der Waals surface area contributed by atoms with Crippen LogP contribution < -0.4 is 5.32 Å². The maximum Gasteiger partial charge on any atom is 0.247 e. The van der Waals surface area contributed by atoms with Gasteiger partial charge in [-0.05, 0) is 19.9 Å². The highest BCUT2D eigenvalue weighted by Crippen LogP contribution is 2.12. The zero-order valence-corrected chi connectivity index (χ0v) is 9.76. The van der Waals surface area contributed by atoms with Crippen LogP contribution in [-0.2, 0) is 4.79 Å². The van der Waals surface area contributed by atoms with Gasteiger partial charge in [-0.3, -0.25) is 9.48 Å². The van der Waals surface area contributed by atoms with Crippen molar-refractivity contribution in [2.45, 2.75) is 25.9 Å². The number of hydrogen-bond acceptors (Lipinski definition) is 3. The van der Waals surface area contributed by atoms with Crippen LogP contribution in [0.1, 0.15) is 19.9 Å². The normalized spacial score (nSPS) is 23.1. The highest BCUT2D eigenvalue weighted by molar-refractivity contribution is 5.80. The predicted octanol–water partition coefficient (Wildman–Crippen LogP) is 0.264. The van der Waals surface area contributed by atoms with E-state index in [1.54, 1.807) is 10.9 Å². The van der Waals surface area contributed by atoms with Crippen LogP contribution in [-0.4, -0.2) is 46.3 Å². The van der Waals surface area contributed by atoms with E-state index in [9.17, 15) is 4.79 Å². The first kappa shape index (κ1) is 11.1. The van der Waals surface area contributed by atoms with Crippen LogP contribution in [0.15, 0.2) is 18.5 Å². The lowest BCUT2D eigenvalue weighted by Gasteiger charge is -2.35. The Bertz CT molecular complexity index is 349. The highest BCUT2D eigenvalue weighted by Gasteiger charge is 2.27. The van der Waals surface area contributed by atoms with Crippen LogP contribution in [0, 0.1) is 0 Å². The SMILES string of the molecule is CC(C(=O)N1CCNC[C@H]1C)n1cccn1. The molecule has 1 fully saturated rings. The van der Waals surface area contributed by atoms with Gasteiger partial charge in [0, 0.05) is 38.1 Å². The minimum atomic E-state index is -0.212. The average Bonchev–Trinajstić information content (AvgIpc) is 2.81. The molecule has 1 aliphatic heterocycles. The molecule has 0 bridgehead atoms. The van der Waals surface area contributed by atoms with E-state index in [0.717, 1.165) is 19.6 Å². The molecule has 16 heavy (non-hydrogen) atoms. The van der Waals surface area contributed by atoms with Gasteiger partial charge >= 0.3 is 0 Å². The van der Waals surface area contributed by atoms with E-state index in [4.69, 9.17) is 0 Å². The van der Waals surface area contributed by atoms with E-state index >= 15 is 0 Å². The second-order valence-corrected chi connectivity index (χ2v) is 4.25. The summed E-state index contributed by atoms with van der Waals surface area (Å²) in [6.45, 7) is 6.50. The lowest BCUT2D eigenvalue weighted by molar-refractivity contribution is -0.137. The molecular weight excluding hydrogens is 204 g/mol. The molecule has 88 valence electrons. The van der Waals surface area contributed by atoms with Gasteiger partial charge in [-0.15, -0.1) is 0 Å². The molecule has 1 aliphatic rings. The fourth-order valence-corrected chi connectivity index (χ4v) is 2.03. The molecule has 2 atom stereocenters. The number of nitrogens with one attached hydrogen (secondary N) is 1. The van der Waals surface area contributed by atoms with Crippen LogP contribution in [0.3, 0.4) is 0 Å². The van der Waals surface area contributed by atoms with Gasteiger partial charge in [-0.1, -0.05) is 0 Å². The number of amides is 1. The maximum atomic E-state index is 12.2. The summed E-state index contributed by atoms with van der Waals surface area (Å²) in [6.07, 6.45) is 3.53. The topological polar surface area (TPSA) is 50.2 Å². The summed E-state index contributed by atoms with van der Waals surface area (Å²) in [7, 11) is 0. The molecule has 1 amide bonds. The Morgan fingerprint density at radius 1 is 1.62 bits per heavy atom. The Kier molecular flexibility index (Phi) is 3.24. The molecule has 0 aromatic carbocycles. The molecule has 2 rings (SSSR count). The van der Waals surface area contributed by atoms with Gasteiger partial charge in [0.1, 0.15) is 6.04 Å². The summed E-state index contributed by atoms with van der Waals surface area (Å²) in [6, 6.07) is 1.89. The molecule has 0 radical (unpaired) electrons. The first-order valence-electron chi connectivity index (χ1n) is 5.70. The number of rotatable bonds is 2. The summed E-state index contributed by atoms with van der Waals surface area (Å²) in [4.78, 5) is 14.2. The molecule has 2 heterocycles. The van der Waals surface area contributed by atoms with E-state index in [0.29, 0.717) is 0 Å². The van der Waals surface area contributed by atoms with E-state index in [-0.39, 0.29) is 18.0 Å². The summed E-state index contributed by atoms with van der Waals surface area (Å²) < 4.78 is 1.71. The third-order valence-electron chi connectivity index (χ3n) is 3.06. The highest BCUT2D eigenvalue weighted by atomic mass is 16.2. The van der Waals surface area contributed by atoms with Crippen molar-refractivity contribution in [3.63, 3.8) is 0 Å². The van der Waals surface area contributed by atoms with Crippen LogP contribution in [0.2, 0.25) is 0 Å². The Labute approximate surface area is 95.4 Å².